The van der Waals surface area contributed by atoms with Crippen LogP contribution in [0.4, 0.5) is 0 Å². The SMILES string of the molecule is CC/C=C\C/C=C\C/C=C\C/C=C\C/C=C\CCCC(=O)OC(COCCCCCCCCCCCCCC)COP(=O)(O)OCC[N+](C)(C)C. The third-order valence-electron chi connectivity index (χ3n) is 8.09. The minimum absolute atomic E-state index is 0.0764. The Morgan fingerprint density at radius 1 is 0.627 bits per heavy atom. The number of nitrogens with zero attached hydrogens (tertiary/aromatic N) is 1. The van der Waals surface area contributed by atoms with Crippen LogP contribution in [0.2, 0.25) is 0 Å². The molecule has 296 valence electrons. The summed E-state index contributed by atoms with van der Waals surface area (Å²) >= 11 is 0. The van der Waals surface area contributed by atoms with Gasteiger partial charge in [-0.05, 0) is 51.4 Å². The van der Waals surface area contributed by atoms with Crippen LogP contribution in [-0.4, -0.2) is 75.6 Å². The maximum atomic E-state index is 12.6. The molecule has 8 nitrogen and oxygen atoms in total. The summed E-state index contributed by atoms with van der Waals surface area (Å²) in [4.78, 5) is 22.8. The van der Waals surface area contributed by atoms with Crippen LogP contribution in [-0.2, 0) is 27.9 Å². The number of unbranched alkanes of at least 4 members (excludes halogenated alkanes) is 12. The normalized spacial score (nSPS) is 14.5. The Morgan fingerprint density at radius 2 is 1.12 bits per heavy atom. The number of allylic oxidation sites excluding steroid dienone is 10. The standard InChI is InChI=1S/C42H76NO7P/c1-6-8-10-12-14-16-18-20-21-22-23-24-25-27-29-31-33-35-42(44)50-41(40-49-51(45,46)48-38-36-43(3,4)5)39-47-37-34-32-30-28-26-19-17-15-13-11-9-7-2/h8,10,14,16,20-21,23-24,27,29,41H,6-7,9,11-13,15,17-19,22,25-26,28,30-40H2,1-5H3/p+1/b10-8-,16-14-,21-20-,24-23-,29-27-. The molecule has 0 aromatic carbocycles. The van der Waals surface area contributed by atoms with E-state index in [0.717, 1.165) is 51.4 Å². The molecule has 1 N–H and O–H groups in total. The molecule has 51 heavy (non-hydrogen) atoms. The second-order valence-electron chi connectivity index (χ2n) is 14.3. The number of rotatable bonds is 36. The van der Waals surface area contributed by atoms with Crippen LogP contribution in [0.3, 0.4) is 0 Å². The smallest absolute Gasteiger partial charge is 0.457 e. The average molecular weight is 739 g/mol. The maximum absolute atomic E-state index is 12.6. The lowest BCUT2D eigenvalue weighted by Crippen LogP contribution is -2.37. The fraction of sp³-hybridized carbons (Fsp3) is 0.738. The van der Waals surface area contributed by atoms with E-state index in [1.54, 1.807) is 0 Å². The summed E-state index contributed by atoms with van der Waals surface area (Å²) in [6.07, 6.45) is 42.6. The third kappa shape index (κ3) is 39.2. The molecule has 0 heterocycles. The number of carbonyl (C=O) groups excluding carboxylic acids is 1. The summed E-state index contributed by atoms with van der Waals surface area (Å²) in [6, 6.07) is 0. The predicted octanol–water partition coefficient (Wildman–Crippen LogP) is 11.4. The number of phosphoric ester groups is 1. The highest BCUT2D eigenvalue weighted by atomic mass is 31.2. The van der Waals surface area contributed by atoms with Gasteiger partial charge in [0.1, 0.15) is 19.3 Å². The number of hydrogen-bond acceptors (Lipinski definition) is 6. The Balaban J connectivity index is 4.40. The zero-order valence-corrected chi connectivity index (χ0v) is 34.2. The molecule has 0 saturated carbocycles. The number of likely N-dealkylation sites (N-methyl/N-ethyl adjacent to an activating group) is 1. The summed E-state index contributed by atoms with van der Waals surface area (Å²) in [5.41, 5.74) is 0. The van der Waals surface area contributed by atoms with E-state index in [-0.39, 0.29) is 32.2 Å². The Bertz CT molecular complexity index is 1000. The largest absolute Gasteiger partial charge is 0.472 e. The van der Waals surface area contributed by atoms with Crippen molar-refractivity contribution in [1.29, 1.82) is 0 Å². The number of quaternary nitrogens is 1. The van der Waals surface area contributed by atoms with Crippen molar-refractivity contribution in [1.82, 2.24) is 0 Å². The molecule has 0 saturated heterocycles. The first kappa shape index (κ1) is 49.2. The number of ether oxygens (including phenoxy) is 2. The highest BCUT2D eigenvalue weighted by molar-refractivity contribution is 7.47. The van der Waals surface area contributed by atoms with Gasteiger partial charge < -0.3 is 18.9 Å². The van der Waals surface area contributed by atoms with Gasteiger partial charge in [0.25, 0.3) is 0 Å². The van der Waals surface area contributed by atoms with Gasteiger partial charge in [0, 0.05) is 13.0 Å². The summed E-state index contributed by atoms with van der Waals surface area (Å²) in [5, 5.41) is 0. The van der Waals surface area contributed by atoms with E-state index < -0.39 is 13.9 Å². The number of esters is 1. The minimum Gasteiger partial charge on any atom is -0.457 e. The van der Waals surface area contributed by atoms with Crippen molar-refractivity contribution < 1.29 is 37.3 Å². The lowest BCUT2D eigenvalue weighted by molar-refractivity contribution is -0.870. The van der Waals surface area contributed by atoms with E-state index in [0.29, 0.717) is 24.1 Å². The summed E-state index contributed by atoms with van der Waals surface area (Å²) in [5.74, 6) is -0.372. The van der Waals surface area contributed by atoms with Crippen LogP contribution in [0, 0.1) is 0 Å². The molecular weight excluding hydrogens is 661 g/mol. The van der Waals surface area contributed by atoms with Gasteiger partial charge in [-0.2, -0.15) is 0 Å². The molecule has 0 aliphatic heterocycles. The van der Waals surface area contributed by atoms with Crippen LogP contribution in [0.5, 0.6) is 0 Å². The molecule has 0 spiro atoms. The van der Waals surface area contributed by atoms with Crippen molar-refractivity contribution in [3.63, 3.8) is 0 Å². The second-order valence-corrected chi connectivity index (χ2v) is 15.7. The van der Waals surface area contributed by atoms with Gasteiger partial charge in [0.2, 0.25) is 0 Å². The second kappa shape index (κ2) is 35.2. The zero-order chi connectivity index (χ0) is 37.7. The monoisotopic (exact) mass is 739 g/mol. The molecule has 0 aromatic rings. The number of carbonyl (C=O) groups is 1. The Morgan fingerprint density at radius 3 is 1.63 bits per heavy atom. The zero-order valence-electron chi connectivity index (χ0n) is 33.3. The van der Waals surface area contributed by atoms with Crippen LogP contribution < -0.4 is 0 Å². The first-order valence-corrected chi connectivity index (χ1v) is 21.5. The van der Waals surface area contributed by atoms with Gasteiger partial charge in [-0.25, -0.2) is 4.57 Å². The van der Waals surface area contributed by atoms with Crippen LogP contribution >= 0.6 is 7.82 Å². The van der Waals surface area contributed by atoms with E-state index in [9.17, 15) is 14.3 Å². The molecular formula is C42H77NO7P+. The van der Waals surface area contributed by atoms with Crippen molar-refractivity contribution >= 4 is 13.8 Å². The molecule has 0 aliphatic carbocycles. The van der Waals surface area contributed by atoms with Crippen LogP contribution in [0.15, 0.2) is 60.8 Å². The molecule has 9 heteroatoms. The van der Waals surface area contributed by atoms with E-state index >= 15 is 0 Å². The van der Waals surface area contributed by atoms with E-state index in [1.165, 1.54) is 64.2 Å². The minimum atomic E-state index is -4.28. The fourth-order valence-corrected chi connectivity index (χ4v) is 5.74. The first-order valence-electron chi connectivity index (χ1n) is 20.0. The Hall–Kier alpha value is -1.80. The molecule has 0 radical (unpaired) electrons. The maximum Gasteiger partial charge on any atom is 0.472 e. The summed E-state index contributed by atoms with van der Waals surface area (Å²) in [7, 11) is 1.62. The molecule has 0 aliphatic rings. The number of phosphoric acid groups is 1. The summed E-state index contributed by atoms with van der Waals surface area (Å²) in [6.45, 7) is 5.41. The van der Waals surface area contributed by atoms with Crippen LogP contribution in [0.1, 0.15) is 142 Å². The molecule has 0 fully saturated rings. The van der Waals surface area contributed by atoms with Crippen molar-refractivity contribution in [2.75, 3.05) is 54.1 Å². The number of hydrogen-bond donors (Lipinski definition) is 1. The van der Waals surface area contributed by atoms with Crippen LogP contribution in [0.25, 0.3) is 0 Å². The van der Waals surface area contributed by atoms with Crippen molar-refractivity contribution in [3.8, 4) is 0 Å². The lowest BCUT2D eigenvalue weighted by atomic mass is 10.1. The molecule has 0 amide bonds. The van der Waals surface area contributed by atoms with E-state index in [2.05, 4.69) is 74.6 Å². The molecule has 0 bridgehead atoms. The van der Waals surface area contributed by atoms with E-state index in [4.69, 9.17) is 18.5 Å². The highest BCUT2D eigenvalue weighted by Crippen LogP contribution is 2.43. The topological polar surface area (TPSA) is 91.3 Å². The van der Waals surface area contributed by atoms with Gasteiger partial charge in [0.05, 0.1) is 34.4 Å². The van der Waals surface area contributed by atoms with Gasteiger partial charge in [0.15, 0.2) is 0 Å². The Labute approximate surface area is 313 Å². The van der Waals surface area contributed by atoms with Gasteiger partial charge >= 0.3 is 13.8 Å². The quantitative estimate of drug-likeness (QED) is 0.0225. The summed E-state index contributed by atoms with van der Waals surface area (Å²) < 4.78 is 34.8. The third-order valence-corrected chi connectivity index (χ3v) is 9.08. The van der Waals surface area contributed by atoms with Gasteiger partial charge in [-0.1, -0.05) is 145 Å². The molecule has 0 rings (SSSR count). The predicted molar refractivity (Wildman–Crippen MR) is 215 cm³/mol. The van der Waals surface area contributed by atoms with Gasteiger partial charge in [-0.3, -0.25) is 13.8 Å². The van der Waals surface area contributed by atoms with E-state index in [1.807, 2.05) is 21.1 Å². The fourth-order valence-electron chi connectivity index (χ4n) is 5.00. The Kier molecular flexibility index (Phi) is 34.0. The van der Waals surface area contributed by atoms with Gasteiger partial charge in [-0.15, -0.1) is 0 Å². The van der Waals surface area contributed by atoms with Crippen molar-refractivity contribution in [2.24, 2.45) is 0 Å². The lowest BCUT2D eigenvalue weighted by Gasteiger charge is -2.24. The first-order chi connectivity index (χ1) is 24.6. The van der Waals surface area contributed by atoms with Crippen molar-refractivity contribution in [3.05, 3.63) is 60.8 Å². The highest BCUT2D eigenvalue weighted by Gasteiger charge is 2.26. The molecule has 0 aromatic heterocycles. The average Bonchev–Trinajstić information content (AvgIpc) is 3.08. The molecule has 2 atom stereocenters. The molecule has 2 unspecified atom stereocenters. The van der Waals surface area contributed by atoms with Crippen molar-refractivity contribution in [2.45, 2.75) is 148 Å².